The van der Waals surface area contributed by atoms with Gasteiger partial charge < -0.3 is 10.2 Å². The Balaban J connectivity index is 1.76. The van der Waals surface area contributed by atoms with E-state index in [0.29, 0.717) is 0 Å². The number of carbonyl (C=O) groups is 1. The maximum absolute atomic E-state index is 11.9. The average molecular weight is 324 g/mol. The van der Waals surface area contributed by atoms with Gasteiger partial charge in [0, 0.05) is 0 Å². The Bertz CT molecular complexity index is 676. The number of oxime groups is 1. The molecule has 4 heteroatoms. The Labute approximate surface area is 143 Å². The zero-order valence-corrected chi connectivity index (χ0v) is 14.5. The first kappa shape index (κ1) is 17.7. The van der Waals surface area contributed by atoms with E-state index in [1.807, 2.05) is 50.2 Å². The molecule has 0 saturated heterocycles. The van der Waals surface area contributed by atoms with Crippen LogP contribution in [0.2, 0.25) is 0 Å². The molecule has 0 aromatic heterocycles. The molecular formula is C20H24N2O2. The lowest BCUT2D eigenvalue weighted by Gasteiger charge is -2.14. The van der Waals surface area contributed by atoms with Gasteiger partial charge in [-0.25, -0.2) is 0 Å². The van der Waals surface area contributed by atoms with Crippen molar-refractivity contribution >= 4 is 12.1 Å². The maximum Gasteiger partial charge on any atom is 0.261 e. The largest absolute Gasteiger partial charge is 0.386 e. The molecule has 126 valence electrons. The van der Waals surface area contributed by atoms with Crippen LogP contribution in [0.1, 0.15) is 42.1 Å². The van der Waals surface area contributed by atoms with Crippen molar-refractivity contribution in [2.45, 2.75) is 33.2 Å². The van der Waals surface area contributed by atoms with Gasteiger partial charge in [-0.05, 0) is 37.0 Å². The highest BCUT2D eigenvalue weighted by Crippen LogP contribution is 2.13. The second-order valence-corrected chi connectivity index (χ2v) is 5.80. The van der Waals surface area contributed by atoms with Crippen LogP contribution >= 0.6 is 0 Å². The summed E-state index contributed by atoms with van der Waals surface area (Å²) in [4.78, 5) is 17.0. The van der Waals surface area contributed by atoms with E-state index in [1.165, 1.54) is 11.1 Å². The van der Waals surface area contributed by atoms with E-state index in [2.05, 4.69) is 29.5 Å². The molecule has 0 aliphatic carbocycles. The van der Waals surface area contributed by atoms with Crippen molar-refractivity contribution in [3.05, 3.63) is 70.8 Å². The third-order valence-corrected chi connectivity index (χ3v) is 3.81. The summed E-state index contributed by atoms with van der Waals surface area (Å²) in [5.41, 5.74) is 4.48. The third-order valence-electron chi connectivity index (χ3n) is 3.81. The molecule has 24 heavy (non-hydrogen) atoms. The number of rotatable bonds is 7. The fraction of sp³-hybridized carbons (Fsp3) is 0.300. The number of hydrogen-bond acceptors (Lipinski definition) is 3. The Morgan fingerprint density at radius 1 is 1.17 bits per heavy atom. The first-order chi connectivity index (χ1) is 11.6. The van der Waals surface area contributed by atoms with Gasteiger partial charge in [-0.15, -0.1) is 0 Å². The molecule has 0 aliphatic rings. The molecule has 0 bridgehead atoms. The summed E-state index contributed by atoms with van der Waals surface area (Å²) in [5, 5.41) is 6.73. The molecule has 2 rings (SSSR count). The normalized spacial score (nSPS) is 12.1. The second kappa shape index (κ2) is 8.87. The molecule has 1 amide bonds. The van der Waals surface area contributed by atoms with Crippen LogP contribution in [0.15, 0.2) is 53.7 Å². The number of nitrogens with zero attached hydrogens (tertiary/aromatic N) is 1. The highest BCUT2D eigenvalue weighted by molar-refractivity contribution is 5.80. The second-order valence-electron chi connectivity index (χ2n) is 5.80. The van der Waals surface area contributed by atoms with Crippen LogP contribution in [-0.4, -0.2) is 18.7 Å². The van der Waals surface area contributed by atoms with Crippen molar-refractivity contribution in [3.63, 3.8) is 0 Å². The zero-order valence-electron chi connectivity index (χ0n) is 14.5. The van der Waals surface area contributed by atoms with Crippen LogP contribution in [0.4, 0.5) is 0 Å². The van der Waals surface area contributed by atoms with Crippen molar-refractivity contribution in [2.75, 3.05) is 6.61 Å². The van der Waals surface area contributed by atoms with E-state index in [0.717, 1.165) is 17.5 Å². The van der Waals surface area contributed by atoms with Gasteiger partial charge in [0.15, 0.2) is 6.61 Å². The number of nitrogens with one attached hydrogen (secondary N) is 1. The molecule has 2 aromatic rings. The number of benzene rings is 2. The minimum atomic E-state index is -0.192. The zero-order chi connectivity index (χ0) is 17.4. The van der Waals surface area contributed by atoms with Crippen molar-refractivity contribution in [1.29, 1.82) is 0 Å². The summed E-state index contributed by atoms with van der Waals surface area (Å²) in [5.74, 6) is -0.192. The minimum Gasteiger partial charge on any atom is -0.386 e. The lowest BCUT2D eigenvalue weighted by molar-refractivity contribution is -0.126. The average Bonchev–Trinajstić information content (AvgIpc) is 2.60. The molecule has 0 unspecified atom stereocenters. The smallest absolute Gasteiger partial charge is 0.261 e. The van der Waals surface area contributed by atoms with E-state index < -0.39 is 0 Å². The first-order valence-electron chi connectivity index (χ1n) is 8.18. The molecule has 2 aromatic carbocycles. The van der Waals surface area contributed by atoms with Crippen LogP contribution in [0.3, 0.4) is 0 Å². The van der Waals surface area contributed by atoms with Crippen molar-refractivity contribution in [3.8, 4) is 0 Å². The Morgan fingerprint density at radius 3 is 2.46 bits per heavy atom. The van der Waals surface area contributed by atoms with Gasteiger partial charge in [0.25, 0.3) is 5.91 Å². The lowest BCUT2D eigenvalue weighted by Crippen LogP contribution is -2.29. The highest BCUT2D eigenvalue weighted by atomic mass is 16.6. The van der Waals surface area contributed by atoms with Crippen LogP contribution in [-0.2, 0) is 16.1 Å². The van der Waals surface area contributed by atoms with Crippen molar-refractivity contribution < 1.29 is 9.63 Å². The molecule has 0 spiro atoms. The van der Waals surface area contributed by atoms with Gasteiger partial charge in [0.2, 0.25) is 0 Å². The molecule has 0 aliphatic heterocycles. The van der Waals surface area contributed by atoms with Gasteiger partial charge in [-0.2, -0.15) is 0 Å². The molecule has 0 saturated carbocycles. The summed E-state index contributed by atoms with van der Waals surface area (Å²) < 4.78 is 0. The number of carbonyl (C=O) groups excluding carboxylic acids is 1. The van der Waals surface area contributed by atoms with Crippen molar-refractivity contribution in [1.82, 2.24) is 5.32 Å². The highest BCUT2D eigenvalue weighted by Gasteiger charge is 2.09. The Hall–Kier alpha value is -2.62. The van der Waals surface area contributed by atoms with Crippen LogP contribution < -0.4 is 5.32 Å². The Morgan fingerprint density at radius 2 is 1.83 bits per heavy atom. The van der Waals surface area contributed by atoms with Crippen molar-refractivity contribution in [2.24, 2.45) is 5.16 Å². The number of amides is 1. The van der Waals surface area contributed by atoms with Gasteiger partial charge in [-0.3, -0.25) is 4.79 Å². The third kappa shape index (κ3) is 5.54. The Kier molecular flexibility index (Phi) is 6.55. The standard InChI is InChI=1S/C20H24N2O2/c1-4-17-9-11-19(12-10-17)16(3)22-20(23)14-24-21-13-18-7-5-15(2)6-8-18/h5-13,16H,4,14H2,1-3H3,(H,22,23)/b21-13-/t16-/m1/s1. The van der Waals surface area contributed by atoms with Gasteiger partial charge >= 0.3 is 0 Å². The quantitative estimate of drug-likeness (QED) is 0.622. The van der Waals surface area contributed by atoms with E-state index >= 15 is 0 Å². The van der Waals surface area contributed by atoms with Gasteiger partial charge in [-0.1, -0.05) is 66.2 Å². The molecule has 0 fully saturated rings. The SMILES string of the molecule is CCc1ccc([C@@H](C)NC(=O)CO/N=C\c2ccc(C)cc2)cc1. The predicted octanol–water partition coefficient (Wildman–Crippen LogP) is 3.79. The summed E-state index contributed by atoms with van der Waals surface area (Å²) >= 11 is 0. The van der Waals surface area contributed by atoms with Gasteiger partial charge in [0.1, 0.15) is 0 Å². The van der Waals surface area contributed by atoms with E-state index in [9.17, 15) is 4.79 Å². The van der Waals surface area contributed by atoms with Crippen LogP contribution in [0.5, 0.6) is 0 Å². The summed E-state index contributed by atoms with van der Waals surface area (Å²) in [6.07, 6.45) is 2.60. The monoisotopic (exact) mass is 324 g/mol. The predicted molar refractivity (Wildman–Crippen MR) is 97.1 cm³/mol. The fourth-order valence-electron chi connectivity index (χ4n) is 2.26. The van der Waals surface area contributed by atoms with E-state index in [-0.39, 0.29) is 18.6 Å². The number of aryl methyl sites for hydroxylation is 2. The molecule has 1 N–H and O–H groups in total. The van der Waals surface area contributed by atoms with E-state index in [4.69, 9.17) is 4.84 Å². The molecular weight excluding hydrogens is 300 g/mol. The van der Waals surface area contributed by atoms with Gasteiger partial charge in [0.05, 0.1) is 12.3 Å². The lowest BCUT2D eigenvalue weighted by atomic mass is 10.1. The van der Waals surface area contributed by atoms with E-state index in [1.54, 1.807) is 6.21 Å². The molecule has 0 radical (unpaired) electrons. The molecule has 1 atom stereocenters. The topological polar surface area (TPSA) is 50.7 Å². The number of hydrogen-bond donors (Lipinski definition) is 1. The summed E-state index contributed by atoms with van der Waals surface area (Å²) in [7, 11) is 0. The molecule has 4 nitrogen and oxygen atoms in total. The minimum absolute atomic E-state index is 0.0620. The van der Waals surface area contributed by atoms with Crippen LogP contribution in [0.25, 0.3) is 0 Å². The maximum atomic E-state index is 11.9. The molecule has 0 heterocycles. The summed E-state index contributed by atoms with van der Waals surface area (Å²) in [6.45, 7) is 6.00. The summed E-state index contributed by atoms with van der Waals surface area (Å²) in [6, 6.07) is 16.1. The van der Waals surface area contributed by atoms with Crippen LogP contribution in [0, 0.1) is 6.92 Å². The first-order valence-corrected chi connectivity index (χ1v) is 8.18. The fourth-order valence-corrected chi connectivity index (χ4v) is 2.26.